The molecule has 5 atom stereocenters. The molecule has 51 heavy (non-hydrogen) atoms. The van der Waals surface area contributed by atoms with Crippen LogP contribution in [0.1, 0.15) is 49.8 Å². The fraction of sp³-hybridized carbons (Fsp3) is 0.395. The van der Waals surface area contributed by atoms with E-state index in [0.717, 1.165) is 11.1 Å². The van der Waals surface area contributed by atoms with Crippen LogP contribution in [-0.4, -0.2) is 86.6 Å². The van der Waals surface area contributed by atoms with Crippen LogP contribution >= 0.6 is 0 Å². The van der Waals surface area contributed by atoms with E-state index in [1.54, 1.807) is 54.6 Å². The summed E-state index contributed by atoms with van der Waals surface area (Å²) in [5, 5.41) is 37.3. The minimum absolute atomic E-state index is 0.0103. The Hall–Kier alpha value is -5.43. The number of nitrogens with zero attached hydrogens (tertiary/aromatic N) is 1. The van der Waals surface area contributed by atoms with E-state index >= 15 is 0 Å². The number of nitrogens with two attached hydrogens (primary N) is 1. The van der Waals surface area contributed by atoms with Gasteiger partial charge >= 0.3 is 5.97 Å². The van der Waals surface area contributed by atoms with E-state index < -0.39 is 59.8 Å². The number of aliphatic carboxylic acids is 1. The molecular formula is C38H47N5O8. The van der Waals surface area contributed by atoms with Gasteiger partial charge in [0.1, 0.15) is 35.7 Å². The molecule has 3 aromatic rings. The molecule has 4 rings (SSSR count). The molecule has 13 heteroatoms. The Labute approximate surface area is 297 Å². The average molecular weight is 702 g/mol. The molecule has 0 aliphatic carbocycles. The van der Waals surface area contributed by atoms with Crippen molar-refractivity contribution in [3.63, 3.8) is 0 Å². The van der Waals surface area contributed by atoms with Crippen molar-refractivity contribution < 1.29 is 39.3 Å². The lowest BCUT2D eigenvalue weighted by molar-refractivity contribution is -0.142. The summed E-state index contributed by atoms with van der Waals surface area (Å²) in [6.07, 6.45) is 1.32. The summed E-state index contributed by atoms with van der Waals surface area (Å²) in [5.74, 6) is -3.49. The van der Waals surface area contributed by atoms with Gasteiger partial charge in [-0.3, -0.25) is 19.2 Å². The van der Waals surface area contributed by atoms with E-state index in [-0.39, 0.29) is 43.1 Å². The summed E-state index contributed by atoms with van der Waals surface area (Å²) >= 11 is 0. The van der Waals surface area contributed by atoms with Gasteiger partial charge in [-0.05, 0) is 72.6 Å². The molecule has 13 nitrogen and oxygen atoms in total. The summed E-state index contributed by atoms with van der Waals surface area (Å²) < 4.78 is 0. The van der Waals surface area contributed by atoms with Crippen molar-refractivity contribution in [2.24, 2.45) is 11.7 Å². The molecule has 3 aromatic carbocycles. The quantitative estimate of drug-likeness (QED) is 0.116. The predicted octanol–water partition coefficient (Wildman–Crippen LogP) is 2.03. The fourth-order valence-corrected chi connectivity index (χ4v) is 6.13. The van der Waals surface area contributed by atoms with Gasteiger partial charge in [0.05, 0.1) is 6.04 Å². The molecule has 0 aromatic heterocycles. The zero-order chi connectivity index (χ0) is 37.1. The molecule has 1 fully saturated rings. The Balaban J connectivity index is 1.54. The van der Waals surface area contributed by atoms with Gasteiger partial charge in [-0.15, -0.1) is 0 Å². The van der Waals surface area contributed by atoms with Crippen molar-refractivity contribution in [3.05, 3.63) is 95.6 Å². The Morgan fingerprint density at radius 3 is 1.75 bits per heavy atom. The van der Waals surface area contributed by atoms with Crippen LogP contribution in [0.5, 0.6) is 11.5 Å². The number of hydrogen-bond donors (Lipinski definition) is 7. The van der Waals surface area contributed by atoms with E-state index in [2.05, 4.69) is 16.0 Å². The molecule has 1 aliphatic rings. The Kier molecular flexibility index (Phi) is 13.5. The molecule has 1 heterocycles. The second-order valence-electron chi connectivity index (χ2n) is 13.4. The summed E-state index contributed by atoms with van der Waals surface area (Å²) in [6, 6.07) is 16.0. The number of aromatic hydroxyl groups is 2. The number of carbonyl (C=O) groups excluding carboxylic acids is 4. The van der Waals surface area contributed by atoms with E-state index in [0.29, 0.717) is 24.9 Å². The molecule has 0 bridgehead atoms. The van der Waals surface area contributed by atoms with E-state index in [9.17, 15) is 39.3 Å². The summed E-state index contributed by atoms with van der Waals surface area (Å²) in [5.41, 5.74) is 8.34. The van der Waals surface area contributed by atoms with Crippen LogP contribution in [0.4, 0.5) is 0 Å². The number of phenolic OH excluding ortho intramolecular Hbond substituents is 2. The SMILES string of the molecule is CC(C)C[C@H](NC(=O)[C@H](Cc1ccccc1)NC(=O)[C@H](Cc1ccc(O)cc1)NC(=O)[C@@H]1CCCN1C(=O)[C@@H](N)Cc1ccc(O)cc1)C(=O)O. The van der Waals surface area contributed by atoms with Crippen LogP contribution in [0, 0.1) is 5.92 Å². The first-order valence-corrected chi connectivity index (χ1v) is 17.1. The van der Waals surface area contributed by atoms with Gasteiger partial charge in [-0.2, -0.15) is 0 Å². The second-order valence-corrected chi connectivity index (χ2v) is 13.4. The van der Waals surface area contributed by atoms with Crippen molar-refractivity contribution >= 4 is 29.6 Å². The van der Waals surface area contributed by atoms with Gasteiger partial charge in [-0.25, -0.2) is 4.79 Å². The van der Waals surface area contributed by atoms with Crippen LogP contribution in [0.2, 0.25) is 0 Å². The highest BCUT2D eigenvalue weighted by Gasteiger charge is 2.38. The Morgan fingerprint density at radius 2 is 1.22 bits per heavy atom. The number of hydrogen-bond acceptors (Lipinski definition) is 8. The number of carboxylic acids is 1. The average Bonchev–Trinajstić information content (AvgIpc) is 3.59. The van der Waals surface area contributed by atoms with Crippen LogP contribution in [0.3, 0.4) is 0 Å². The first-order valence-electron chi connectivity index (χ1n) is 17.1. The number of phenols is 2. The van der Waals surface area contributed by atoms with E-state index in [1.165, 1.54) is 29.2 Å². The number of carboxylic acid groups (broad SMARTS) is 1. The van der Waals surface area contributed by atoms with Crippen LogP contribution in [0.15, 0.2) is 78.9 Å². The molecule has 1 aliphatic heterocycles. The van der Waals surface area contributed by atoms with E-state index in [1.807, 2.05) is 13.8 Å². The Bertz CT molecular complexity index is 1650. The molecule has 0 unspecified atom stereocenters. The second kappa shape index (κ2) is 18.0. The maximum Gasteiger partial charge on any atom is 0.326 e. The van der Waals surface area contributed by atoms with Gasteiger partial charge in [0.25, 0.3) is 0 Å². The summed E-state index contributed by atoms with van der Waals surface area (Å²) in [6.45, 7) is 3.98. The van der Waals surface area contributed by atoms with Crippen LogP contribution in [-0.2, 0) is 43.2 Å². The lowest BCUT2D eigenvalue weighted by Crippen LogP contribution is -2.59. The first-order chi connectivity index (χ1) is 24.3. The third-order valence-corrected chi connectivity index (χ3v) is 8.79. The minimum Gasteiger partial charge on any atom is -0.508 e. The lowest BCUT2D eigenvalue weighted by Gasteiger charge is -2.29. The number of nitrogens with one attached hydrogen (secondary N) is 3. The monoisotopic (exact) mass is 701 g/mol. The molecule has 0 saturated carbocycles. The summed E-state index contributed by atoms with van der Waals surface area (Å²) in [7, 11) is 0. The third-order valence-electron chi connectivity index (χ3n) is 8.79. The number of carbonyl (C=O) groups is 5. The van der Waals surface area contributed by atoms with E-state index in [4.69, 9.17) is 5.73 Å². The zero-order valence-corrected chi connectivity index (χ0v) is 28.8. The lowest BCUT2D eigenvalue weighted by atomic mass is 10.0. The fourth-order valence-electron chi connectivity index (χ4n) is 6.13. The molecule has 0 radical (unpaired) electrons. The molecule has 8 N–H and O–H groups in total. The maximum absolute atomic E-state index is 14.0. The van der Waals surface area contributed by atoms with Gasteiger partial charge in [-0.1, -0.05) is 68.4 Å². The molecular weight excluding hydrogens is 654 g/mol. The molecule has 272 valence electrons. The first kappa shape index (κ1) is 38.4. The standard InChI is InChI=1S/C38H47N5O8/c1-23(2)19-32(38(50)51)42-35(47)30(21-24-7-4-3-5-8-24)40-34(46)31(22-26-12-16-28(45)17-13-26)41-36(48)33-9-6-18-43(33)37(49)29(39)20-25-10-14-27(44)15-11-25/h3-5,7-8,10-17,23,29-33,44-45H,6,9,18-22,39H2,1-2H3,(H,40,46)(H,41,48)(H,42,47)(H,50,51)/t29-,30-,31-,32-,33-/m0/s1. The van der Waals surface area contributed by atoms with Crippen molar-refractivity contribution in [1.29, 1.82) is 0 Å². The molecule has 4 amide bonds. The van der Waals surface area contributed by atoms with Gasteiger partial charge in [0.15, 0.2) is 0 Å². The molecule has 0 spiro atoms. The third kappa shape index (κ3) is 11.3. The number of likely N-dealkylation sites (tertiary alicyclic amines) is 1. The summed E-state index contributed by atoms with van der Waals surface area (Å²) in [4.78, 5) is 68.3. The minimum atomic E-state index is -1.21. The van der Waals surface area contributed by atoms with Gasteiger partial charge < -0.3 is 41.9 Å². The van der Waals surface area contributed by atoms with Crippen molar-refractivity contribution in [2.75, 3.05) is 6.54 Å². The largest absolute Gasteiger partial charge is 0.508 e. The maximum atomic E-state index is 14.0. The normalized spacial score (nSPS) is 16.5. The zero-order valence-electron chi connectivity index (χ0n) is 28.8. The molecule has 1 saturated heterocycles. The van der Waals surface area contributed by atoms with Gasteiger partial charge in [0.2, 0.25) is 23.6 Å². The number of benzene rings is 3. The highest BCUT2D eigenvalue weighted by Crippen LogP contribution is 2.21. The highest BCUT2D eigenvalue weighted by molar-refractivity contribution is 5.96. The smallest absolute Gasteiger partial charge is 0.326 e. The Morgan fingerprint density at radius 1 is 0.725 bits per heavy atom. The number of amides is 4. The highest BCUT2D eigenvalue weighted by atomic mass is 16.4. The van der Waals surface area contributed by atoms with Crippen LogP contribution < -0.4 is 21.7 Å². The van der Waals surface area contributed by atoms with Crippen molar-refractivity contribution in [1.82, 2.24) is 20.9 Å². The van der Waals surface area contributed by atoms with Crippen LogP contribution in [0.25, 0.3) is 0 Å². The topological polar surface area (TPSA) is 211 Å². The van der Waals surface area contributed by atoms with Crippen molar-refractivity contribution in [2.45, 2.75) is 82.6 Å². The number of rotatable bonds is 16. The predicted molar refractivity (Wildman–Crippen MR) is 189 cm³/mol. The van der Waals surface area contributed by atoms with Crippen molar-refractivity contribution in [3.8, 4) is 11.5 Å². The van der Waals surface area contributed by atoms with Gasteiger partial charge in [0, 0.05) is 19.4 Å².